The standard InChI is InChI=1S/C20H20FN3O2/c1-11-22-17-4-2-3-16(19(17)23-11)20(26)24-18(13-9-15(25)10-13)12-5-7-14(21)8-6-12/h2-8,13,15,18,25H,9-10H2,1H3,(H,22,23)(H,24,26)/t13?,15?,18-/m1/s1. The van der Waals surface area contributed by atoms with Gasteiger partial charge < -0.3 is 15.4 Å². The Morgan fingerprint density at radius 2 is 2.00 bits per heavy atom. The van der Waals surface area contributed by atoms with Gasteiger partial charge in [0.05, 0.1) is 23.2 Å². The predicted molar refractivity (Wildman–Crippen MR) is 96.2 cm³/mol. The highest BCUT2D eigenvalue weighted by Crippen LogP contribution is 2.38. The highest BCUT2D eigenvalue weighted by Gasteiger charge is 2.36. The number of aromatic amines is 1. The van der Waals surface area contributed by atoms with Crippen LogP contribution in [0.15, 0.2) is 42.5 Å². The van der Waals surface area contributed by atoms with E-state index in [1.807, 2.05) is 19.1 Å². The zero-order valence-electron chi connectivity index (χ0n) is 14.4. The smallest absolute Gasteiger partial charge is 0.254 e. The number of carbonyl (C=O) groups is 1. The Balaban J connectivity index is 1.64. The van der Waals surface area contributed by atoms with Gasteiger partial charge in [-0.25, -0.2) is 9.37 Å². The van der Waals surface area contributed by atoms with Gasteiger partial charge in [-0.15, -0.1) is 0 Å². The summed E-state index contributed by atoms with van der Waals surface area (Å²) in [5.74, 6) is 0.332. The van der Waals surface area contributed by atoms with E-state index in [1.165, 1.54) is 12.1 Å². The lowest BCUT2D eigenvalue weighted by Crippen LogP contribution is -2.41. The highest BCUT2D eigenvalue weighted by atomic mass is 19.1. The fourth-order valence-corrected chi connectivity index (χ4v) is 3.60. The first kappa shape index (κ1) is 16.7. The van der Waals surface area contributed by atoms with Crippen LogP contribution in [0.25, 0.3) is 11.0 Å². The molecule has 0 saturated heterocycles. The van der Waals surface area contributed by atoms with Gasteiger partial charge in [-0.2, -0.15) is 0 Å². The van der Waals surface area contributed by atoms with Crippen molar-refractivity contribution in [3.63, 3.8) is 0 Å². The number of amides is 1. The second-order valence-corrected chi connectivity index (χ2v) is 6.91. The molecular formula is C20H20FN3O2. The van der Waals surface area contributed by atoms with Crippen LogP contribution < -0.4 is 5.32 Å². The number of hydrogen-bond acceptors (Lipinski definition) is 3. The second-order valence-electron chi connectivity index (χ2n) is 6.91. The number of nitrogens with zero attached hydrogens (tertiary/aromatic N) is 1. The zero-order chi connectivity index (χ0) is 18.3. The summed E-state index contributed by atoms with van der Waals surface area (Å²) in [4.78, 5) is 20.5. The quantitative estimate of drug-likeness (QED) is 0.674. The fraction of sp³-hybridized carbons (Fsp3) is 0.300. The Labute approximate surface area is 150 Å². The van der Waals surface area contributed by atoms with E-state index in [0.717, 1.165) is 16.9 Å². The molecule has 1 aliphatic carbocycles. The van der Waals surface area contributed by atoms with Crippen molar-refractivity contribution < 1.29 is 14.3 Å². The fourth-order valence-electron chi connectivity index (χ4n) is 3.60. The Hall–Kier alpha value is -2.73. The van der Waals surface area contributed by atoms with E-state index < -0.39 is 0 Å². The maximum Gasteiger partial charge on any atom is 0.254 e. The van der Waals surface area contributed by atoms with Crippen LogP contribution in [-0.4, -0.2) is 27.1 Å². The SMILES string of the molecule is Cc1nc2c(C(=O)N[C@H](c3ccc(F)cc3)C3CC(O)C3)cccc2[nH]1. The Morgan fingerprint density at radius 1 is 1.27 bits per heavy atom. The van der Waals surface area contributed by atoms with E-state index in [-0.39, 0.29) is 29.8 Å². The molecule has 0 unspecified atom stereocenters. The number of aromatic nitrogens is 2. The van der Waals surface area contributed by atoms with Crippen molar-refractivity contribution >= 4 is 16.9 Å². The van der Waals surface area contributed by atoms with E-state index in [4.69, 9.17) is 0 Å². The summed E-state index contributed by atoms with van der Waals surface area (Å²) in [7, 11) is 0. The number of imidazole rings is 1. The summed E-state index contributed by atoms with van der Waals surface area (Å²) >= 11 is 0. The molecule has 0 aliphatic heterocycles. The molecular weight excluding hydrogens is 333 g/mol. The van der Waals surface area contributed by atoms with Crippen molar-refractivity contribution in [2.45, 2.75) is 31.9 Å². The van der Waals surface area contributed by atoms with Crippen LogP contribution in [0.2, 0.25) is 0 Å². The van der Waals surface area contributed by atoms with Gasteiger partial charge in [0.15, 0.2) is 0 Å². The molecule has 134 valence electrons. The summed E-state index contributed by atoms with van der Waals surface area (Å²) < 4.78 is 13.3. The lowest BCUT2D eigenvalue weighted by Gasteiger charge is -2.38. The molecule has 5 nitrogen and oxygen atoms in total. The van der Waals surface area contributed by atoms with Gasteiger partial charge in [0.1, 0.15) is 17.2 Å². The average Bonchev–Trinajstić information content (AvgIpc) is 2.98. The lowest BCUT2D eigenvalue weighted by atomic mass is 9.75. The van der Waals surface area contributed by atoms with Crippen LogP contribution in [0.5, 0.6) is 0 Å². The lowest BCUT2D eigenvalue weighted by molar-refractivity contribution is 0.0235. The minimum atomic E-state index is -0.336. The average molecular weight is 353 g/mol. The van der Waals surface area contributed by atoms with Gasteiger partial charge in [0.25, 0.3) is 5.91 Å². The van der Waals surface area contributed by atoms with Crippen LogP contribution in [-0.2, 0) is 0 Å². The van der Waals surface area contributed by atoms with E-state index in [0.29, 0.717) is 23.9 Å². The summed E-state index contributed by atoms with van der Waals surface area (Å²) in [6.45, 7) is 1.85. The molecule has 0 spiro atoms. The number of H-pyrrole nitrogens is 1. The topological polar surface area (TPSA) is 78.0 Å². The monoisotopic (exact) mass is 353 g/mol. The van der Waals surface area contributed by atoms with E-state index in [1.54, 1.807) is 18.2 Å². The number of aliphatic hydroxyl groups excluding tert-OH is 1. The van der Waals surface area contributed by atoms with E-state index >= 15 is 0 Å². The van der Waals surface area contributed by atoms with Gasteiger partial charge in [-0.05, 0) is 55.5 Å². The number of nitrogens with one attached hydrogen (secondary N) is 2. The summed E-state index contributed by atoms with van der Waals surface area (Å²) in [5.41, 5.74) is 2.78. The molecule has 1 heterocycles. The minimum Gasteiger partial charge on any atom is -0.393 e. The van der Waals surface area contributed by atoms with Crippen molar-refractivity contribution in [2.24, 2.45) is 5.92 Å². The maximum absolute atomic E-state index is 13.3. The highest BCUT2D eigenvalue weighted by molar-refractivity contribution is 6.05. The molecule has 0 radical (unpaired) electrons. The Bertz CT molecular complexity index is 945. The van der Waals surface area contributed by atoms with E-state index in [2.05, 4.69) is 15.3 Å². The third-order valence-electron chi connectivity index (χ3n) is 5.01. The number of aliphatic hydroxyl groups is 1. The molecule has 1 atom stereocenters. The molecule has 4 rings (SSSR count). The first-order valence-electron chi connectivity index (χ1n) is 8.71. The molecule has 1 aliphatic rings. The molecule has 26 heavy (non-hydrogen) atoms. The van der Waals surface area contributed by atoms with Gasteiger partial charge >= 0.3 is 0 Å². The Kier molecular flexibility index (Phi) is 4.20. The molecule has 1 aromatic heterocycles. The zero-order valence-corrected chi connectivity index (χ0v) is 14.4. The molecule has 6 heteroatoms. The number of hydrogen-bond donors (Lipinski definition) is 3. The van der Waals surface area contributed by atoms with Crippen LogP contribution >= 0.6 is 0 Å². The molecule has 3 aromatic rings. The minimum absolute atomic E-state index is 0.125. The third-order valence-corrected chi connectivity index (χ3v) is 5.01. The molecule has 0 bridgehead atoms. The Morgan fingerprint density at radius 3 is 2.69 bits per heavy atom. The number of carbonyl (C=O) groups excluding carboxylic acids is 1. The molecule has 1 fully saturated rings. The number of rotatable bonds is 4. The van der Waals surface area contributed by atoms with Crippen molar-refractivity contribution in [3.8, 4) is 0 Å². The van der Waals surface area contributed by atoms with Crippen LogP contribution in [0, 0.1) is 18.7 Å². The van der Waals surface area contributed by atoms with Gasteiger partial charge in [0, 0.05) is 0 Å². The van der Waals surface area contributed by atoms with Crippen molar-refractivity contribution in [3.05, 3.63) is 65.2 Å². The van der Waals surface area contributed by atoms with Crippen LogP contribution in [0.4, 0.5) is 4.39 Å². The molecule has 3 N–H and O–H groups in total. The van der Waals surface area contributed by atoms with Crippen molar-refractivity contribution in [1.29, 1.82) is 0 Å². The van der Waals surface area contributed by atoms with Crippen LogP contribution in [0.3, 0.4) is 0 Å². The number of aryl methyl sites for hydroxylation is 1. The number of para-hydroxylation sites is 1. The summed E-state index contributed by atoms with van der Waals surface area (Å²) in [6, 6.07) is 11.3. The number of fused-ring (bicyclic) bond motifs is 1. The summed E-state index contributed by atoms with van der Waals surface area (Å²) in [6.07, 6.45) is 0.902. The molecule has 1 saturated carbocycles. The van der Waals surface area contributed by atoms with Crippen molar-refractivity contribution in [2.75, 3.05) is 0 Å². The normalized spacial score (nSPS) is 20.6. The van der Waals surface area contributed by atoms with Crippen LogP contribution in [0.1, 0.15) is 40.6 Å². The maximum atomic E-state index is 13.3. The third kappa shape index (κ3) is 3.08. The first-order valence-corrected chi connectivity index (χ1v) is 8.71. The molecule has 1 amide bonds. The second kappa shape index (κ2) is 6.53. The first-order chi connectivity index (χ1) is 12.5. The molecule has 2 aromatic carbocycles. The largest absolute Gasteiger partial charge is 0.393 e. The number of benzene rings is 2. The predicted octanol–water partition coefficient (Wildman–Crippen LogP) is 3.25. The van der Waals surface area contributed by atoms with Gasteiger partial charge in [-0.1, -0.05) is 18.2 Å². The summed E-state index contributed by atoms with van der Waals surface area (Å²) in [5, 5.41) is 12.7. The van der Waals surface area contributed by atoms with Gasteiger partial charge in [0.2, 0.25) is 0 Å². The van der Waals surface area contributed by atoms with E-state index in [9.17, 15) is 14.3 Å². The van der Waals surface area contributed by atoms with Gasteiger partial charge in [-0.3, -0.25) is 4.79 Å². The number of halogens is 1. The van der Waals surface area contributed by atoms with Crippen molar-refractivity contribution in [1.82, 2.24) is 15.3 Å².